The number of ether oxygens (including phenoxy) is 1. The number of halogens is 1. The Morgan fingerprint density at radius 2 is 1.95 bits per heavy atom. The second kappa shape index (κ2) is 6.41. The van der Waals surface area contributed by atoms with Crippen LogP contribution in [-0.2, 0) is 17.8 Å². The van der Waals surface area contributed by atoms with Crippen molar-refractivity contribution in [1.29, 1.82) is 0 Å². The fourth-order valence-corrected chi connectivity index (χ4v) is 2.92. The number of hydrogen-bond donors (Lipinski definition) is 0. The van der Waals surface area contributed by atoms with Crippen LogP contribution in [-0.4, -0.2) is 23.5 Å². The van der Waals surface area contributed by atoms with Crippen LogP contribution < -0.4 is 4.74 Å². The van der Waals surface area contributed by atoms with Crippen molar-refractivity contribution in [1.82, 2.24) is 4.90 Å². The van der Waals surface area contributed by atoms with E-state index in [2.05, 4.69) is 12.1 Å². The zero-order valence-corrected chi connectivity index (χ0v) is 13.2. The van der Waals surface area contributed by atoms with Crippen LogP contribution in [0, 0.1) is 0 Å². The SMILES string of the molecule is CC(Oc1cccc(Cl)c1)C(=O)N1CCc2ccccc2C1. The van der Waals surface area contributed by atoms with Gasteiger partial charge in [-0.3, -0.25) is 4.79 Å². The van der Waals surface area contributed by atoms with Crippen molar-refractivity contribution in [3.05, 3.63) is 64.7 Å². The van der Waals surface area contributed by atoms with E-state index in [-0.39, 0.29) is 5.91 Å². The molecule has 3 rings (SSSR count). The van der Waals surface area contributed by atoms with Gasteiger partial charge in [-0.15, -0.1) is 0 Å². The Morgan fingerprint density at radius 1 is 1.18 bits per heavy atom. The number of carbonyl (C=O) groups excluding carboxylic acids is 1. The third-order valence-electron chi connectivity index (χ3n) is 3.90. The van der Waals surface area contributed by atoms with E-state index in [0.717, 1.165) is 13.0 Å². The van der Waals surface area contributed by atoms with Crippen LogP contribution in [0.1, 0.15) is 18.1 Å². The molecule has 2 aromatic carbocycles. The molecule has 1 amide bonds. The molecule has 0 radical (unpaired) electrons. The zero-order valence-electron chi connectivity index (χ0n) is 12.5. The van der Waals surface area contributed by atoms with Crippen molar-refractivity contribution >= 4 is 17.5 Å². The van der Waals surface area contributed by atoms with E-state index in [0.29, 0.717) is 17.3 Å². The predicted molar refractivity (Wildman–Crippen MR) is 87.1 cm³/mol. The minimum Gasteiger partial charge on any atom is -0.481 e. The quantitative estimate of drug-likeness (QED) is 0.864. The van der Waals surface area contributed by atoms with Crippen molar-refractivity contribution in [2.75, 3.05) is 6.54 Å². The fraction of sp³-hybridized carbons (Fsp3) is 0.278. The van der Waals surface area contributed by atoms with Gasteiger partial charge in [-0.2, -0.15) is 0 Å². The maximum Gasteiger partial charge on any atom is 0.263 e. The van der Waals surface area contributed by atoms with Crippen LogP contribution in [0.4, 0.5) is 0 Å². The highest BCUT2D eigenvalue weighted by molar-refractivity contribution is 6.30. The lowest BCUT2D eigenvalue weighted by Gasteiger charge is -2.31. The van der Waals surface area contributed by atoms with Gasteiger partial charge in [0.05, 0.1) is 0 Å². The van der Waals surface area contributed by atoms with Crippen molar-refractivity contribution in [3.8, 4) is 5.75 Å². The fourth-order valence-electron chi connectivity index (χ4n) is 2.74. The minimum atomic E-state index is -0.524. The molecule has 3 nitrogen and oxygen atoms in total. The summed E-state index contributed by atoms with van der Waals surface area (Å²) in [5.74, 6) is 0.625. The maximum absolute atomic E-state index is 12.6. The average Bonchev–Trinajstić information content (AvgIpc) is 2.53. The number of benzene rings is 2. The number of hydrogen-bond acceptors (Lipinski definition) is 2. The molecule has 0 aromatic heterocycles. The number of rotatable bonds is 3. The summed E-state index contributed by atoms with van der Waals surface area (Å²) in [4.78, 5) is 14.4. The Morgan fingerprint density at radius 3 is 2.73 bits per heavy atom. The Labute approximate surface area is 135 Å². The second-order valence-corrected chi connectivity index (χ2v) is 5.93. The third kappa shape index (κ3) is 3.25. The Balaban J connectivity index is 1.67. The molecular formula is C18H18ClNO2. The molecule has 1 aliphatic rings. The first-order valence-corrected chi connectivity index (χ1v) is 7.79. The smallest absolute Gasteiger partial charge is 0.263 e. The van der Waals surface area contributed by atoms with Gasteiger partial charge < -0.3 is 9.64 Å². The topological polar surface area (TPSA) is 29.5 Å². The molecule has 0 saturated heterocycles. The molecule has 2 aromatic rings. The summed E-state index contributed by atoms with van der Waals surface area (Å²) < 4.78 is 5.72. The summed E-state index contributed by atoms with van der Waals surface area (Å²) >= 11 is 5.94. The summed E-state index contributed by atoms with van der Waals surface area (Å²) in [6.07, 6.45) is 0.370. The summed E-state index contributed by atoms with van der Waals surface area (Å²) in [6.45, 7) is 3.17. The van der Waals surface area contributed by atoms with Crippen molar-refractivity contribution < 1.29 is 9.53 Å². The first-order valence-electron chi connectivity index (χ1n) is 7.41. The highest BCUT2D eigenvalue weighted by Crippen LogP contribution is 2.21. The van der Waals surface area contributed by atoms with E-state index < -0.39 is 6.10 Å². The molecule has 4 heteroatoms. The molecule has 1 aliphatic heterocycles. The standard InChI is InChI=1S/C18H18ClNO2/c1-13(22-17-8-4-7-16(19)11-17)18(21)20-10-9-14-5-2-3-6-15(14)12-20/h2-8,11,13H,9-10,12H2,1H3. The second-order valence-electron chi connectivity index (χ2n) is 5.50. The van der Waals surface area contributed by atoms with Crippen molar-refractivity contribution in [2.45, 2.75) is 26.0 Å². The van der Waals surface area contributed by atoms with Gasteiger partial charge in [-0.05, 0) is 42.7 Å². The van der Waals surface area contributed by atoms with E-state index in [4.69, 9.17) is 16.3 Å². The van der Waals surface area contributed by atoms with Crippen LogP contribution in [0.3, 0.4) is 0 Å². The summed E-state index contributed by atoms with van der Waals surface area (Å²) in [5.41, 5.74) is 2.55. The zero-order chi connectivity index (χ0) is 15.5. The molecule has 1 unspecified atom stereocenters. The van der Waals surface area contributed by atoms with Gasteiger partial charge in [0.15, 0.2) is 6.10 Å². The van der Waals surface area contributed by atoms with E-state index >= 15 is 0 Å². The van der Waals surface area contributed by atoms with Crippen LogP contribution in [0.5, 0.6) is 5.75 Å². The number of nitrogens with zero attached hydrogens (tertiary/aromatic N) is 1. The molecule has 0 aliphatic carbocycles. The lowest BCUT2D eigenvalue weighted by Crippen LogP contribution is -2.43. The molecule has 0 N–H and O–H groups in total. The summed E-state index contributed by atoms with van der Waals surface area (Å²) in [7, 11) is 0. The van der Waals surface area contributed by atoms with Gasteiger partial charge in [0.2, 0.25) is 0 Å². The van der Waals surface area contributed by atoms with Gasteiger partial charge in [0, 0.05) is 18.1 Å². The van der Waals surface area contributed by atoms with Gasteiger partial charge in [0.1, 0.15) is 5.75 Å². The van der Waals surface area contributed by atoms with E-state index in [1.807, 2.05) is 23.1 Å². The molecule has 0 saturated carbocycles. The van der Waals surface area contributed by atoms with E-state index in [1.54, 1.807) is 25.1 Å². The predicted octanol–water partition coefficient (Wildman–Crippen LogP) is 3.69. The molecule has 0 spiro atoms. The van der Waals surface area contributed by atoms with Crippen LogP contribution in [0.15, 0.2) is 48.5 Å². The van der Waals surface area contributed by atoms with Crippen molar-refractivity contribution in [3.63, 3.8) is 0 Å². The Hall–Kier alpha value is -2.00. The molecular weight excluding hydrogens is 298 g/mol. The average molecular weight is 316 g/mol. The molecule has 1 heterocycles. The van der Waals surface area contributed by atoms with Crippen LogP contribution in [0.2, 0.25) is 5.02 Å². The van der Waals surface area contributed by atoms with Gasteiger partial charge >= 0.3 is 0 Å². The van der Waals surface area contributed by atoms with Crippen molar-refractivity contribution in [2.24, 2.45) is 0 Å². The molecule has 114 valence electrons. The maximum atomic E-state index is 12.6. The number of amides is 1. The van der Waals surface area contributed by atoms with Gasteiger partial charge in [-0.1, -0.05) is 41.9 Å². The molecule has 1 atom stereocenters. The van der Waals surface area contributed by atoms with Gasteiger partial charge in [0.25, 0.3) is 5.91 Å². The minimum absolute atomic E-state index is 0.00878. The monoisotopic (exact) mass is 315 g/mol. The lowest BCUT2D eigenvalue weighted by molar-refractivity contribution is -0.138. The number of fused-ring (bicyclic) bond motifs is 1. The molecule has 0 bridgehead atoms. The largest absolute Gasteiger partial charge is 0.481 e. The van der Waals surface area contributed by atoms with Gasteiger partial charge in [-0.25, -0.2) is 0 Å². The third-order valence-corrected chi connectivity index (χ3v) is 4.13. The Kier molecular flexibility index (Phi) is 4.34. The van der Waals surface area contributed by atoms with Crippen LogP contribution in [0.25, 0.3) is 0 Å². The first-order chi connectivity index (χ1) is 10.6. The molecule has 0 fully saturated rings. The lowest BCUT2D eigenvalue weighted by atomic mass is 9.99. The summed E-state index contributed by atoms with van der Waals surface area (Å²) in [6, 6.07) is 15.4. The first kappa shape index (κ1) is 14.9. The van der Waals surface area contributed by atoms with E-state index in [9.17, 15) is 4.79 Å². The molecule has 22 heavy (non-hydrogen) atoms. The Bertz CT molecular complexity index is 686. The summed E-state index contributed by atoms with van der Waals surface area (Å²) in [5, 5.41) is 0.601. The normalized spacial score (nSPS) is 15.1. The van der Waals surface area contributed by atoms with E-state index in [1.165, 1.54) is 11.1 Å². The highest BCUT2D eigenvalue weighted by atomic mass is 35.5. The van der Waals surface area contributed by atoms with Crippen LogP contribution >= 0.6 is 11.6 Å². The number of carbonyl (C=O) groups is 1. The highest BCUT2D eigenvalue weighted by Gasteiger charge is 2.25.